The van der Waals surface area contributed by atoms with Crippen LogP contribution in [0.4, 0.5) is 4.39 Å². The highest BCUT2D eigenvalue weighted by molar-refractivity contribution is 6.08. The predicted molar refractivity (Wildman–Crippen MR) is 71.8 cm³/mol. The molecular weight excluding hydrogens is 243 g/mol. The third-order valence-corrected chi connectivity index (χ3v) is 3.61. The standard InChI is InChI=1S/C16H15FO2/c17-15-8-7-14(12-5-1-2-6-13(12)15)16(18)10-11-4-3-9-19-11/h1-2,5-8,11H,3-4,9-10H2. The fraction of sp³-hybridized carbons (Fsp3) is 0.312. The molecule has 2 nitrogen and oxygen atoms in total. The van der Waals surface area contributed by atoms with Gasteiger partial charge in [0, 0.05) is 24.0 Å². The molecule has 2 aromatic carbocycles. The van der Waals surface area contributed by atoms with Gasteiger partial charge < -0.3 is 4.74 Å². The molecule has 3 rings (SSSR count). The first kappa shape index (κ1) is 12.3. The summed E-state index contributed by atoms with van der Waals surface area (Å²) in [6, 6.07) is 10.0. The molecule has 1 unspecified atom stereocenters. The minimum atomic E-state index is -0.288. The van der Waals surface area contributed by atoms with Gasteiger partial charge in [0.15, 0.2) is 5.78 Å². The minimum Gasteiger partial charge on any atom is -0.378 e. The van der Waals surface area contributed by atoms with Crippen molar-refractivity contribution in [3.63, 3.8) is 0 Å². The number of fused-ring (bicyclic) bond motifs is 1. The van der Waals surface area contributed by atoms with E-state index in [1.807, 2.05) is 6.07 Å². The van der Waals surface area contributed by atoms with Crippen LogP contribution in [-0.2, 0) is 4.74 Å². The van der Waals surface area contributed by atoms with Crippen molar-refractivity contribution in [2.24, 2.45) is 0 Å². The number of rotatable bonds is 3. The third-order valence-electron chi connectivity index (χ3n) is 3.61. The van der Waals surface area contributed by atoms with Crippen LogP contribution in [0.3, 0.4) is 0 Å². The van der Waals surface area contributed by atoms with Crippen LogP contribution in [0.2, 0.25) is 0 Å². The van der Waals surface area contributed by atoms with E-state index in [9.17, 15) is 9.18 Å². The SMILES string of the molecule is O=C(CC1CCCO1)c1ccc(F)c2ccccc12. The highest BCUT2D eigenvalue weighted by Gasteiger charge is 2.21. The van der Waals surface area contributed by atoms with E-state index in [0.29, 0.717) is 22.8 Å². The van der Waals surface area contributed by atoms with E-state index in [2.05, 4.69) is 0 Å². The summed E-state index contributed by atoms with van der Waals surface area (Å²) in [6.07, 6.45) is 2.36. The van der Waals surface area contributed by atoms with Crippen molar-refractivity contribution in [2.45, 2.75) is 25.4 Å². The quantitative estimate of drug-likeness (QED) is 0.784. The smallest absolute Gasteiger partial charge is 0.166 e. The van der Waals surface area contributed by atoms with Gasteiger partial charge in [-0.15, -0.1) is 0 Å². The van der Waals surface area contributed by atoms with Crippen molar-refractivity contribution < 1.29 is 13.9 Å². The Hall–Kier alpha value is -1.74. The van der Waals surface area contributed by atoms with Crippen LogP contribution in [0.1, 0.15) is 29.6 Å². The first-order valence-corrected chi connectivity index (χ1v) is 6.58. The maximum Gasteiger partial charge on any atom is 0.166 e. The summed E-state index contributed by atoms with van der Waals surface area (Å²) in [5, 5.41) is 1.19. The molecule has 0 amide bonds. The molecular formula is C16H15FO2. The molecule has 0 aliphatic carbocycles. The van der Waals surface area contributed by atoms with Crippen LogP contribution >= 0.6 is 0 Å². The number of hydrogen-bond acceptors (Lipinski definition) is 2. The van der Waals surface area contributed by atoms with Crippen molar-refractivity contribution in [3.8, 4) is 0 Å². The lowest BCUT2D eigenvalue weighted by Crippen LogP contribution is -2.13. The number of hydrogen-bond donors (Lipinski definition) is 0. The second kappa shape index (κ2) is 5.10. The van der Waals surface area contributed by atoms with Gasteiger partial charge in [-0.2, -0.15) is 0 Å². The molecule has 0 bridgehead atoms. The second-order valence-electron chi connectivity index (χ2n) is 4.90. The summed E-state index contributed by atoms with van der Waals surface area (Å²) in [4.78, 5) is 12.3. The predicted octanol–water partition coefficient (Wildman–Crippen LogP) is 3.73. The molecule has 1 saturated heterocycles. The van der Waals surface area contributed by atoms with Crippen LogP contribution in [0, 0.1) is 5.82 Å². The monoisotopic (exact) mass is 258 g/mol. The van der Waals surface area contributed by atoms with Crippen LogP contribution in [-0.4, -0.2) is 18.5 Å². The maximum absolute atomic E-state index is 13.7. The number of ketones is 1. The average Bonchev–Trinajstić information content (AvgIpc) is 2.92. The molecule has 1 aliphatic heterocycles. The summed E-state index contributed by atoms with van der Waals surface area (Å²) < 4.78 is 19.2. The molecule has 3 heteroatoms. The van der Waals surface area contributed by atoms with Gasteiger partial charge in [0.1, 0.15) is 5.82 Å². The molecule has 1 fully saturated rings. The zero-order valence-electron chi connectivity index (χ0n) is 10.6. The number of halogens is 1. The Kier molecular flexibility index (Phi) is 3.30. The summed E-state index contributed by atoms with van der Waals surface area (Å²) in [5.41, 5.74) is 0.590. The number of benzene rings is 2. The number of Topliss-reactive ketones (excluding diaryl/α,β-unsaturated/α-hetero) is 1. The Morgan fingerprint density at radius 3 is 2.74 bits per heavy atom. The van der Waals surface area contributed by atoms with Crippen LogP contribution in [0.25, 0.3) is 10.8 Å². The lowest BCUT2D eigenvalue weighted by atomic mass is 9.97. The van der Waals surface area contributed by atoms with E-state index in [-0.39, 0.29) is 17.7 Å². The van der Waals surface area contributed by atoms with E-state index in [4.69, 9.17) is 4.74 Å². The molecule has 0 aromatic heterocycles. The number of ether oxygens (including phenoxy) is 1. The molecule has 1 aliphatic rings. The average molecular weight is 258 g/mol. The first-order chi connectivity index (χ1) is 9.25. The lowest BCUT2D eigenvalue weighted by molar-refractivity contribution is 0.0777. The van der Waals surface area contributed by atoms with Crippen LogP contribution < -0.4 is 0 Å². The molecule has 19 heavy (non-hydrogen) atoms. The number of carbonyl (C=O) groups excluding carboxylic acids is 1. The largest absolute Gasteiger partial charge is 0.378 e. The topological polar surface area (TPSA) is 26.3 Å². The van der Waals surface area contributed by atoms with E-state index in [0.717, 1.165) is 19.4 Å². The minimum absolute atomic E-state index is 0.0244. The van der Waals surface area contributed by atoms with Crippen molar-refractivity contribution in [1.29, 1.82) is 0 Å². The van der Waals surface area contributed by atoms with Gasteiger partial charge in [0.25, 0.3) is 0 Å². The van der Waals surface area contributed by atoms with Gasteiger partial charge in [-0.3, -0.25) is 4.79 Å². The highest BCUT2D eigenvalue weighted by atomic mass is 19.1. The second-order valence-corrected chi connectivity index (χ2v) is 4.90. The van der Waals surface area contributed by atoms with Crippen molar-refractivity contribution in [2.75, 3.05) is 6.61 Å². The maximum atomic E-state index is 13.7. The molecule has 0 spiro atoms. The summed E-state index contributed by atoms with van der Waals surface area (Å²) >= 11 is 0. The van der Waals surface area contributed by atoms with Crippen molar-refractivity contribution >= 4 is 16.6 Å². The van der Waals surface area contributed by atoms with Gasteiger partial charge in [0.2, 0.25) is 0 Å². The van der Waals surface area contributed by atoms with Crippen molar-refractivity contribution in [1.82, 2.24) is 0 Å². The zero-order valence-corrected chi connectivity index (χ0v) is 10.6. The van der Waals surface area contributed by atoms with Gasteiger partial charge in [-0.25, -0.2) is 4.39 Å². The fourth-order valence-electron chi connectivity index (χ4n) is 2.63. The Labute approximate surface area is 111 Å². The van der Waals surface area contributed by atoms with Crippen LogP contribution in [0.15, 0.2) is 36.4 Å². The fourth-order valence-corrected chi connectivity index (χ4v) is 2.63. The Morgan fingerprint density at radius 2 is 2.00 bits per heavy atom. The molecule has 2 aromatic rings. The molecule has 0 saturated carbocycles. The van der Waals surface area contributed by atoms with Crippen molar-refractivity contribution in [3.05, 3.63) is 47.8 Å². The lowest BCUT2D eigenvalue weighted by Gasteiger charge is -2.10. The molecule has 98 valence electrons. The van der Waals surface area contributed by atoms with E-state index in [1.54, 1.807) is 24.3 Å². The summed E-state index contributed by atoms with van der Waals surface area (Å²) in [6.45, 7) is 0.738. The Balaban J connectivity index is 1.95. The molecule has 1 atom stereocenters. The van der Waals surface area contributed by atoms with Gasteiger partial charge in [-0.05, 0) is 30.4 Å². The normalized spacial score (nSPS) is 18.9. The number of carbonyl (C=O) groups is 1. The van der Waals surface area contributed by atoms with E-state index >= 15 is 0 Å². The van der Waals surface area contributed by atoms with Gasteiger partial charge in [0.05, 0.1) is 6.10 Å². The Morgan fingerprint density at radius 1 is 1.21 bits per heavy atom. The van der Waals surface area contributed by atoms with Crippen LogP contribution in [0.5, 0.6) is 0 Å². The molecule has 0 radical (unpaired) electrons. The molecule has 0 N–H and O–H groups in total. The third kappa shape index (κ3) is 2.38. The Bertz CT molecular complexity index is 615. The van der Waals surface area contributed by atoms with Gasteiger partial charge >= 0.3 is 0 Å². The summed E-state index contributed by atoms with van der Waals surface area (Å²) in [5.74, 6) is -0.257. The summed E-state index contributed by atoms with van der Waals surface area (Å²) in [7, 11) is 0. The zero-order chi connectivity index (χ0) is 13.2. The van der Waals surface area contributed by atoms with Gasteiger partial charge in [-0.1, -0.05) is 24.3 Å². The molecule has 1 heterocycles. The highest BCUT2D eigenvalue weighted by Crippen LogP contribution is 2.25. The van der Waals surface area contributed by atoms with E-state index < -0.39 is 0 Å². The first-order valence-electron chi connectivity index (χ1n) is 6.58. The van der Waals surface area contributed by atoms with E-state index in [1.165, 1.54) is 6.07 Å².